The SMILES string of the molecule is CSCC[C@H](N)C(=O)NCc1nccn1CCCc1ccccc1. The van der Waals surface area contributed by atoms with Crippen molar-refractivity contribution >= 4 is 17.7 Å². The number of imidazole rings is 1. The van der Waals surface area contributed by atoms with Crippen molar-refractivity contribution < 1.29 is 4.79 Å². The van der Waals surface area contributed by atoms with Gasteiger partial charge in [-0.25, -0.2) is 4.98 Å². The maximum Gasteiger partial charge on any atom is 0.237 e. The molecule has 0 bridgehead atoms. The smallest absolute Gasteiger partial charge is 0.237 e. The maximum atomic E-state index is 12.0. The fraction of sp³-hybridized carbons (Fsp3) is 0.444. The first-order valence-corrected chi connectivity index (χ1v) is 9.66. The molecule has 2 aromatic rings. The molecule has 130 valence electrons. The monoisotopic (exact) mass is 346 g/mol. The molecule has 0 saturated heterocycles. The van der Waals surface area contributed by atoms with Gasteiger partial charge in [-0.3, -0.25) is 4.79 Å². The van der Waals surface area contributed by atoms with Crippen LogP contribution in [-0.4, -0.2) is 33.5 Å². The van der Waals surface area contributed by atoms with E-state index in [1.165, 1.54) is 5.56 Å². The van der Waals surface area contributed by atoms with Gasteiger partial charge < -0.3 is 15.6 Å². The van der Waals surface area contributed by atoms with Crippen molar-refractivity contribution in [2.75, 3.05) is 12.0 Å². The predicted molar refractivity (Wildman–Crippen MR) is 99.8 cm³/mol. The first-order chi connectivity index (χ1) is 11.7. The topological polar surface area (TPSA) is 72.9 Å². The number of aryl methyl sites for hydroxylation is 2. The Morgan fingerprint density at radius 3 is 2.92 bits per heavy atom. The molecule has 1 aromatic heterocycles. The molecule has 2 rings (SSSR count). The molecule has 1 atom stereocenters. The van der Waals surface area contributed by atoms with Crippen LogP contribution in [-0.2, 0) is 24.3 Å². The molecular formula is C18H26N4OS. The minimum atomic E-state index is -0.445. The Kier molecular flexibility index (Phi) is 7.85. The van der Waals surface area contributed by atoms with Gasteiger partial charge in [0.05, 0.1) is 12.6 Å². The molecule has 6 heteroatoms. The number of nitrogens with zero attached hydrogens (tertiary/aromatic N) is 2. The van der Waals surface area contributed by atoms with Crippen LogP contribution in [0, 0.1) is 0 Å². The summed E-state index contributed by atoms with van der Waals surface area (Å²) in [5.41, 5.74) is 7.21. The molecule has 0 aliphatic heterocycles. The zero-order chi connectivity index (χ0) is 17.2. The summed E-state index contributed by atoms with van der Waals surface area (Å²) in [6, 6.07) is 10.0. The van der Waals surface area contributed by atoms with Gasteiger partial charge in [0.15, 0.2) is 0 Å². The summed E-state index contributed by atoms with van der Waals surface area (Å²) in [5.74, 6) is 1.65. The van der Waals surface area contributed by atoms with Crippen molar-refractivity contribution in [3.63, 3.8) is 0 Å². The molecule has 24 heavy (non-hydrogen) atoms. The molecule has 5 nitrogen and oxygen atoms in total. The summed E-state index contributed by atoms with van der Waals surface area (Å²) in [4.78, 5) is 16.3. The van der Waals surface area contributed by atoms with E-state index in [2.05, 4.69) is 39.1 Å². The number of carbonyl (C=O) groups excluding carboxylic acids is 1. The predicted octanol–water partition coefficient (Wildman–Crippen LogP) is 2.21. The number of thioether (sulfide) groups is 1. The second kappa shape index (κ2) is 10.2. The van der Waals surface area contributed by atoms with Crippen molar-refractivity contribution in [1.29, 1.82) is 0 Å². The van der Waals surface area contributed by atoms with Crippen LogP contribution in [0.3, 0.4) is 0 Å². The van der Waals surface area contributed by atoms with Gasteiger partial charge in [-0.2, -0.15) is 11.8 Å². The highest BCUT2D eigenvalue weighted by molar-refractivity contribution is 7.98. The Morgan fingerprint density at radius 1 is 1.38 bits per heavy atom. The van der Waals surface area contributed by atoms with Gasteiger partial charge in [0, 0.05) is 18.9 Å². The average Bonchev–Trinajstić information content (AvgIpc) is 3.06. The summed E-state index contributed by atoms with van der Waals surface area (Å²) in [6.45, 7) is 1.31. The van der Waals surface area contributed by atoms with Crippen molar-refractivity contribution in [3.8, 4) is 0 Å². The molecule has 0 unspecified atom stereocenters. The summed E-state index contributed by atoms with van der Waals surface area (Å²) < 4.78 is 2.09. The summed E-state index contributed by atoms with van der Waals surface area (Å²) >= 11 is 1.70. The van der Waals surface area contributed by atoms with Crippen molar-refractivity contribution in [2.45, 2.75) is 38.4 Å². The highest BCUT2D eigenvalue weighted by Crippen LogP contribution is 2.06. The number of hydrogen-bond acceptors (Lipinski definition) is 4. The summed E-state index contributed by atoms with van der Waals surface area (Å²) in [7, 11) is 0. The van der Waals surface area contributed by atoms with Crippen LogP contribution in [0.5, 0.6) is 0 Å². The molecule has 0 radical (unpaired) electrons. The fourth-order valence-electron chi connectivity index (χ4n) is 2.48. The van der Waals surface area contributed by atoms with E-state index in [9.17, 15) is 4.79 Å². The van der Waals surface area contributed by atoms with Crippen LogP contribution in [0.15, 0.2) is 42.7 Å². The lowest BCUT2D eigenvalue weighted by atomic mass is 10.1. The van der Waals surface area contributed by atoms with Gasteiger partial charge >= 0.3 is 0 Å². The standard InChI is InChI=1S/C18H26N4OS/c1-24-13-9-16(19)18(23)21-14-17-20-10-12-22(17)11-5-8-15-6-3-2-4-7-15/h2-4,6-7,10,12,16H,5,8-9,11,13-14,19H2,1H3,(H,21,23)/t16-/m0/s1. The third-order valence-corrected chi connectivity index (χ3v) is 4.54. The van der Waals surface area contributed by atoms with Gasteiger partial charge in [0.1, 0.15) is 5.82 Å². The molecule has 3 N–H and O–H groups in total. The van der Waals surface area contributed by atoms with E-state index in [0.29, 0.717) is 13.0 Å². The van der Waals surface area contributed by atoms with Gasteiger partial charge in [0.25, 0.3) is 0 Å². The van der Waals surface area contributed by atoms with Crippen molar-refractivity contribution in [1.82, 2.24) is 14.9 Å². The van der Waals surface area contributed by atoms with E-state index in [-0.39, 0.29) is 5.91 Å². The van der Waals surface area contributed by atoms with E-state index in [0.717, 1.165) is 31.0 Å². The minimum absolute atomic E-state index is 0.108. The number of hydrogen-bond donors (Lipinski definition) is 2. The summed E-state index contributed by atoms with van der Waals surface area (Å²) in [5, 5.41) is 2.89. The lowest BCUT2D eigenvalue weighted by molar-refractivity contribution is -0.122. The number of benzene rings is 1. The third-order valence-electron chi connectivity index (χ3n) is 3.90. The van der Waals surface area contributed by atoms with E-state index < -0.39 is 6.04 Å². The third kappa shape index (κ3) is 6.02. The maximum absolute atomic E-state index is 12.0. The van der Waals surface area contributed by atoms with Crippen LogP contribution in [0.25, 0.3) is 0 Å². The van der Waals surface area contributed by atoms with Crippen LogP contribution in [0.1, 0.15) is 24.2 Å². The second-order valence-corrected chi connectivity index (χ2v) is 6.72. The van der Waals surface area contributed by atoms with E-state index in [4.69, 9.17) is 5.73 Å². The number of nitrogens with two attached hydrogens (primary N) is 1. The van der Waals surface area contributed by atoms with Crippen LogP contribution in [0.2, 0.25) is 0 Å². The zero-order valence-electron chi connectivity index (χ0n) is 14.1. The van der Waals surface area contributed by atoms with Crippen LogP contribution in [0.4, 0.5) is 0 Å². The first kappa shape index (κ1) is 18.5. The molecule has 1 amide bonds. The number of aromatic nitrogens is 2. The van der Waals surface area contributed by atoms with E-state index in [1.54, 1.807) is 18.0 Å². The molecule has 0 fully saturated rings. The van der Waals surface area contributed by atoms with Gasteiger partial charge in [0.2, 0.25) is 5.91 Å². The summed E-state index contributed by atoms with van der Waals surface area (Å²) in [6.07, 6.45) is 8.51. The fourth-order valence-corrected chi connectivity index (χ4v) is 2.97. The van der Waals surface area contributed by atoms with Crippen molar-refractivity contribution in [2.24, 2.45) is 5.73 Å². The number of carbonyl (C=O) groups is 1. The molecule has 1 aromatic carbocycles. The molecule has 0 aliphatic rings. The van der Waals surface area contributed by atoms with Gasteiger partial charge in [-0.15, -0.1) is 0 Å². The lowest BCUT2D eigenvalue weighted by Gasteiger charge is -2.12. The van der Waals surface area contributed by atoms with Crippen molar-refractivity contribution in [3.05, 3.63) is 54.1 Å². The number of rotatable bonds is 10. The number of nitrogens with one attached hydrogen (secondary N) is 1. The molecular weight excluding hydrogens is 320 g/mol. The Balaban J connectivity index is 1.77. The highest BCUT2D eigenvalue weighted by Gasteiger charge is 2.13. The Morgan fingerprint density at radius 2 is 2.17 bits per heavy atom. The van der Waals surface area contributed by atoms with Gasteiger partial charge in [-0.05, 0) is 36.8 Å². The highest BCUT2D eigenvalue weighted by atomic mass is 32.2. The van der Waals surface area contributed by atoms with E-state index >= 15 is 0 Å². The van der Waals surface area contributed by atoms with Crippen LogP contribution >= 0.6 is 11.8 Å². The largest absolute Gasteiger partial charge is 0.348 e. The average molecular weight is 347 g/mol. The Bertz CT molecular complexity index is 614. The molecule has 0 aliphatic carbocycles. The second-order valence-electron chi connectivity index (χ2n) is 5.73. The first-order valence-electron chi connectivity index (χ1n) is 8.27. The molecule has 1 heterocycles. The zero-order valence-corrected chi connectivity index (χ0v) is 15.0. The van der Waals surface area contributed by atoms with Gasteiger partial charge in [-0.1, -0.05) is 30.3 Å². The van der Waals surface area contributed by atoms with Crippen LogP contribution < -0.4 is 11.1 Å². The quantitative estimate of drug-likeness (QED) is 0.692. The lowest BCUT2D eigenvalue weighted by Crippen LogP contribution is -2.40. The molecule has 0 spiro atoms. The Hall–Kier alpha value is -1.79. The molecule has 0 saturated carbocycles. The number of amides is 1. The normalized spacial score (nSPS) is 12.1. The van der Waals surface area contributed by atoms with E-state index in [1.807, 2.05) is 18.5 Å². The minimum Gasteiger partial charge on any atom is -0.348 e. The Labute approximate surface area is 148 Å².